The molecule has 1 fully saturated rings. The summed E-state index contributed by atoms with van der Waals surface area (Å²) in [6, 6.07) is 5.29. The smallest absolute Gasteiger partial charge is 0.356 e. The Morgan fingerprint density at radius 3 is 2.44 bits per heavy atom. The minimum absolute atomic E-state index is 0. The molecule has 4 nitrogen and oxygen atoms in total. The Morgan fingerprint density at radius 2 is 1.92 bits per heavy atom. The fourth-order valence-electron chi connectivity index (χ4n) is 2.84. The molecular weight excluding hydrogens is 444 g/mol. The molecule has 1 aromatic rings. The molecule has 0 radical (unpaired) electrons. The zero-order valence-corrected chi connectivity index (χ0v) is 16.9. The van der Waals surface area contributed by atoms with E-state index in [2.05, 4.69) is 27.6 Å². The van der Waals surface area contributed by atoms with Gasteiger partial charge in [0.05, 0.1) is 5.56 Å². The SMILES string of the molecule is CN=C(NCCc1ccc(C(F)(F)F)cc1)NCC1CCN(C)C1.I. The van der Waals surface area contributed by atoms with Gasteiger partial charge in [-0.15, -0.1) is 24.0 Å². The molecule has 1 heterocycles. The third-order valence-corrected chi connectivity index (χ3v) is 4.26. The lowest BCUT2D eigenvalue weighted by Crippen LogP contribution is -2.41. The maximum absolute atomic E-state index is 12.5. The molecule has 0 aromatic heterocycles. The molecule has 25 heavy (non-hydrogen) atoms. The molecule has 0 amide bonds. The molecule has 1 saturated heterocycles. The summed E-state index contributed by atoms with van der Waals surface area (Å²) in [5.41, 5.74) is 0.251. The highest BCUT2D eigenvalue weighted by atomic mass is 127. The Kier molecular flexibility index (Phi) is 8.98. The summed E-state index contributed by atoms with van der Waals surface area (Å²) in [7, 11) is 3.84. The molecule has 1 aliphatic rings. The van der Waals surface area contributed by atoms with E-state index in [0.717, 1.165) is 43.3 Å². The predicted octanol–water partition coefficient (Wildman–Crippen LogP) is 2.98. The molecule has 142 valence electrons. The summed E-state index contributed by atoms with van der Waals surface area (Å²) >= 11 is 0. The standard InChI is InChI=1S/C17H25F3N4.HI/c1-21-16(23-11-14-8-10-24(2)12-14)22-9-7-13-3-5-15(6-4-13)17(18,19)20;/h3-6,14H,7-12H2,1-2H3,(H2,21,22,23);1H. The quantitative estimate of drug-likeness (QED) is 0.395. The highest BCUT2D eigenvalue weighted by molar-refractivity contribution is 14.0. The first-order valence-corrected chi connectivity index (χ1v) is 8.17. The molecule has 8 heteroatoms. The summed E-state index contributed by atoms with van der Waals surface area (Å²) in [5.74, 6) is 1.36. The summed E-state index contributed by atoms with van der Waals surface area (Å²) in [6.07, 6.45) is -2.45. The van der Waals surface area contributed by atoms with Crippen molar-refractivity contribution in [3.8, 4) is 0 Å². The van der Waals surface area contributed by atoms with Crippen LogP contribution in [0.2, 0.25) is 0 Å². The fraction of sp³-hybridized carbons (Fsp3) is 0.588. The minimum atomic E-state index is -4.28. The number of likely N-dealkylation sites (tertiary alicyclic amines) is 1. The molecule has 0 bridgehead atoms. The van der Waals surface area contributed by atoms with Gasteiger partial charge in [0.15, 0.2) is 5.96 Å². The van der Waals surface area contributed by atoms with Crippen LogP contribution in [0.15, 0.2) is 29.3 Å². The summed E-state index contributed by atoms with van der Waals surface area (Å²) in [6.45, 7) is 3.72. The van der Waals surface area contributed by atoms with E-state index < -0.39 is 11.7 Å². The third-order valence-electron chi connectivity index (χ3n) is 4.26. The first kappa shape index (κ1) is 22.0. The van der Waals surface area contributed by atoms with Crippen molar-refractivity contribution in [2.24, 2.45) is 10.9 Å². The van der Waals surface area contributed by atoms with E-state index in [1.807, 2.05) is 0 Å². The second-order valence-electron chi connectivity index (χ2n) is 6.24. The molecular formula is C17H26F3IN4. The zero-order chi connectivity index (χ0) is 17.6. The van der Waals surface area contributed by atoms with Crippen LogP contribution < -0.4 is 10.6 Å². The maximum atomic E-state index is 12.5. The molecule has 1 unspecified atom stereocenters. The van der Waals surface area contributed by atoms with E-state index in [1.165, 1.54) is 18.6 Å². The van der Waals surface area contributed by atoms with E-state index in [1.54, 1.807) is 7.05 Å². The van der Waals surface area contributed by atoms with Crippen molar-refractivity contribution >= 4 is 29.9 Å². The van der Waals surface area contributed by atoms with Crippen LogP contribution in [0.1, 0.15) is 17.5 Å². The van der Waals surface area contributed by atoms with E-state index in [9.17, 15) is 13.2 Å². The molecule has 0 spiro atoms. The van der Waals surface area contributed by atoms with Gasteiger partial charge in [-0.25, -0.2) is 0 Å². The second kappa shape index (κ2) is 10.2. The zero-order valence-electron chi connectivity index (χ0n) is 14.6. The number of hydrogen-bond acceptors (Lipinski definition) is 2. The molecule has 2 N–H and O–H groups in total. The van der Waals surface area contributed by atoms with Crippen LogP contribution in [0, 0.1) is 5.92 Å². The van der Waals surface area contributed by atoms with Crippen LogP contribution >= 0.6 is 24.0 Å². The monoisotopic (exact) mass is 470 g/mol. The third kappa shape index (κ3) is 7.39. The van der Waals surface area contributed by atoms with Gasteiger partial charge < -0.3 is 15.5 Å². The largest absolute Gasteiger partial charge is 0.416 e. The average Bonchev–Trinajstić information content (AvgIpc) is 2.96. The number of benzene rings is 1. The van der Waals surface area contributed by atoms with Crippen LogP contribution in [0.4, 0.5) is 13.2 Å². The van der Waals surface area contributed by atoms with Gasteiger partial charge in [0, 0.05) is 26.7 Å². The van der Waals surface area contributed by atoms with E-state index in [0.29, 0.717) is 18.9 Å². The van der Waals surface area contributed by atoms with Gasteiger partial charge in [0.1, 0.15) is 0 Å². The first-order chi connectivity index (χ1) is 11.4. The number of halogens is 4. The van der Waals surface area contributed by atoms with Gasteiger partial charge in [-0.1, -0.05) is 12.1 Å². The number of nitrogens with zero attached hydrogens (tertiary/aromatic N) is 2. The van der Waals surface area contributed by atoms with E-state index in [-0.39, 0.29) is 24.0 Å². The molecule has 1 aromatic carbocycles. The predicted molar refractivity (Wildman–Crippen MR) is 106 cm³/mol. The van der Waals surface area contributed by atoms with Crippen molar-refractivity contribution < 1.29 is 13.2 Å². The van der Waals surface area contributed by atoms with Gasteiger partial charge in [-0.3, -0.25) is 4.99 Å². The summed E-state index contributed by atoms with van der Waals surface area (Å²) in [4.78, 5) is 6.49. The fourth-order valence-corrected chi connectivity index (χ4v) is 2.84. The van der Waals surface area contributed by atoms with Crippen LogP contribution in [0.5, 0.6) is 0 Å². The highest BCUT2D eigenvalue weighted by Gasteiger charge is 2.29. The number of hydrogen-bond donors (Lipinski definition) is 2. The van der Waals surface area contributed by atoms with Gasteiger partial charge in [0.25, 0.3) is 0 Å². The van der Waals surface area contributed by atoms with Gasteiger partial charge in [-0.05, 0) is 50.0 Å². The van der Waals surface area contributed by atoms with Gasteiger partial charge in [0.2, 0.25) is 0 Å². The Morgan fingerprint density at radius 1 is 1.24 bits per heavy atom. The van der Waals surface area contributed by atoms with Crippen molar-refractivity contribution in [2.75, 3.05) is 40.3 Å². The molecule has 0 saturated carbocycles. The number of guanidine groups is 1. The van der Waals surface area contributed by atoms with Crippen molar-refractivity contribution in [1.29, 1.82) is 0 Å². The van der Waals surface area contributed by atoms with Crippen molar-refractivity contribution in [3.63, 3.8) is 0 Å². The van der Waals surface area contributed by atoms with Gasteiger partial charge in [-0.2, -0.15) is 13.2 Å². The Balaban J connectivity index is 0.00000312. The number of aliphatic imine (C=N–C) groups is 1. The van der Waals surface area contributed by atoms with Crippen LogP contribution in [-0.4, -0.2) is 51.1 Å². The van der Waals surface area contributed by atoms with Crippen LogP contribution in [0.25, 0.3) is 0 Å². The second-order valence-corrected chi connectivity index (χ2v) is 6.24. The number of alkyl halides is 3. The summed E-state index contributed by atoms with van der Waals surface area (Å²) < 4.78 is 37.6. The average molecular weight is 470 g/mol. The van der Waals surface area contributed by atoms with E-state index in [4.69, 9.17) is 0 Å². The van der Waals surface area contributed by atoms with Crippen LogP contribution in [0.3, 0.4) is 0 Å². The lowest BCUT2D eigenvalue weighted by Gasteiger charge is -2.15. The number of rotatable bonds is 5. The minimum Gasteiger partial charge on any atom is -0.356 e. The molecule has 1 atom stereocenters. The summed E-state index contributed by atoms with van der Waals surface area (Å²) in [5, 5.41) is 6.51. The Bertz CT molecular complexity index is 546. The lowest BCUT2D eigenvalue weighted by atomic mass is 10.1. The van der Waals surface area contributed by atoms with Crippen molar-refractivity contribution in [3.05, 3.63) is 35.4 Å². The topological polar surface area (TPSA) is 39.7 Å². The first-order valence-electron chi connectivity index (χ1n) is 8.17. The Labute approximate surface area is 164 Å². The van der Waals surface area contributed by atoms with Gasteiger partial charge >= 0.3 is 6.18 Å². The van der Waals surface area contributed by atoms with Crippen molar-refractivity contribution in [1.82, 2.24) is 15.5 Å². The normalized spacial score (nSPS) is 18.8. The number of nitrogens with one attached hydrogen (secondary N) is 2. The van der Waals surface area contributed by atoms with Crippen molar-refractivity contribution in [2.45, 2.75) is 19.0 Å². The highest BCUT2D eigenvalue weighted by Crippen LogP contribution is 2.29. The van der Waals surface area contributed by atoms with Crippen LogP contribution in [-0.2, 0) is 12.6 Å². The molecule has 1 aliphatic heterocycles. The molecule has 2 rings (SSSR count). The lowest BCUT2D eigenvalue weighted by molar-refractivity contribution is -0.137. The van der Waals surface area contributed by atoms with E-state index >= 15 is 0 Å². The maximum Gasteiger partial charge on any atom is 0.416 e. The Hall–Kier alpha value is -1.03. The molecule has 0 aliphatic carbocycles.